The van der Waals surface area contributed by atoms with E-state index in [9.17, 15) is 15.0 Å². The van der Waals surface area contributed by atoms with Crippen molar-refractivity contribution in [3.8, 4) is 11.5 Å². The van der Waals surface area contributed by atoms with Crippen molar-refractivity contribution in [3.63, 3.8) is 0 Å². The third-order valence-corrected chi connectivity index (χ3v) is 5.88. The van der Waals surface area contributed by atoms with Crippen molar-refractivity contribution in [2.45, 2.75) is 50.8 Å². The first kappa shape index (κ1) is 22.1. The quantitative estimate of drug-likeness (QED) is 0.578. The van der Waals surface area contributed by atoms with Crippen LogP contribution in [0, 0.1) is 0 Å². The third kappa shape index (κ3) is 4.94. The molecule has 0 aliphatic carbocycles. The highest BCUT2D eigenvalue weighted by Crippen LogP contribution is 2.38. The number of phenols is 2. The molecule has 0 spiro atoms. The normalized spacial score (nSPS) is 22.0. The van der Waals surface area contributed by atoms with Gasteiger partial charge in [0.1, 0.15) is 5.72 Å². The maximum atomic E-state index is 12.6. The Bertz CT molecular complexity index is 842. The van der Waals surface area contributed by atoms with Gasteiger partial charge in [-0.05, 0) is 42.5 Å². The topological polar surface area (TPSA) is 82.0 Å². The lowest BCUT2D eigenvalue weighted by Crippen LogP contribution is -2.57. The summed E-state index contributed by atoms with van der Waals surface area (Å²) in [4.78, 5) is 15.0. The molecule has 0 saturated carbocycles. The Labute approximate surface area is 178 Å². The number of aromatic hydroxyl groups is 2. The Balaban J connectivity index is 1.66. The monoisotopic (exact) mass is 412 g/mol. The Morgan fingerprint density at radius 2 is 1.97 bits per heavy atom. The fourth-order valence-electron chi connectivity index (χ4n) is 4.35. The van der Waals surface area contributed by atoms with E-state index in [1.165, 1.54) is 12.1 Å². The number of carbonyl (C=O) groups excluding carboxylic acids is 1. The summed E-state index contributed by atoms with van der Waals surface area (Å²) in [5.74, 6) is -0.336. The van der Waals surface area contributed by atoms with Crippen LogP contribution in [-0.2, 0) is 21.7 Å². The van der Waals surface area contributed by atoms with Crippen molar-refractivity contribution < 1.29 is 19.7 Å². The Hall–Kier alpha value is -2.57. The molecular weight excluding hydrogens is 380 g/mol. The van der Waals surface area contributed by atoms with E-state index in [2.05, 4.69) is 29.3 Å². The Morgan fingerprint density at radius 1 is 1.20 bits per heavy atom. The lowest BCUT2D eigenvalue weighted by atomic mass is 9.87. The molecule has 6 heteroatoms. The molecule has 2 aromatic rings. The minimum Gasteiger partial charge on any atom is -0.504 e. The van der Waals surface area contributed by atoms with Gasteiger partial charge in [-0.25, -0.2) is 0 Å². The van der Waals surface area contributed by atoms with Gasteiger partial charge in [-0.15, -0.1) is 0 Å². The van der Waals surface area contributed by atoms with Crippen molar-refractivity contribution in [2.24, 2.45) is 0 Å². The van der Waals surface area contributed by atoms with E-state index in [-0.39, 0.29) is 23.4 Å². The average molecular weight is 413 g/mol. The smallest absolute Gasteiger partial charge is 0.220 e. The first-order chi connectivity index (χ1) is 14.5. The fourth-order valence-corrected chi connectivity index (χ4v) is 4.35. The van der Waals surface area contributed by atoms with Gasteiger partial charge in [0.15, 0.2) is 11.5 Å². The third-order valence-electron chi connectivity index (χ3n) is 5.88. The van der Waals surface area contributed by atoms with Crippen molar-refractivity contribution in [2.75, 3.05) is 20.2 Å². The van der Waals surface area contributed by atoms with Gasteiger partial charge in [-0.3, -0.25) is 9.69 Å². The van der Waals surface area contributed by atoms with Gasteiger partial charge in [-0.1, -0.05) is 43.3 Å². The van der Waals surface area contributed by atoms with E-state index >= 15 is 0 Å². The molecule has 6 nitrogen and oxygen atoms in total. The molecule has 30 heavy (non-hydrogen) atoms. The zero-order valence-electron chi connectivity index (χ0n) is 17.8. The van der Waals surface area contributed by atoms with Crippen molar-refractivity contribution >= 4 is 5.91 Å². The van der Waals surface area contributed by atoms with Crippen LogP contribution in [0.2, 0.25) is 0 Å². The molecular formula is C24H32N2O4. The van der Waals surface area contributed by atoms with Gasteiger partial charge in [-0.2, -0.15) is 0 Å². The molecule has 0 radical (unpaired) electrons. The van der Waals surface area contributed by atoms with Crippen LogP contribution in [0.4, 0.5) is 0 Å². The summed E-state index contributed by atoms with van der Waals surface area (Å²) < 4.78 is 6.12. The van der Waals surface area contributed by atoms with E-state index in [0.29, 0.717) is 19.3 Å². The van der Waals surface area contributed by atoms with E-state index < -0.39 is 5.72 Å². The van der Waals surface area contributed by atoms with Gasteiger partial charge >= 0.3 is 0 Å². The number of benzene rings is 2. The molecule has 162 valence electrons. The molecule has 2 aromatic carbocycles. The second-order valence-electron chi connectivity index (χ2n) is 7.92. The first-order valence-electron chi connectivity index (χ1n) is 10.6. The SMILES string of the molecule is CCCN1CCC(NC(=O)CCc2ccc(O)c(O)c2)CC1(OC)c1ccccc1. The number of rotatable bonds is 8. The molecule has 1 saturated heterocycles. The number of aryl methyl sites for hydroxylation is 1. The summed E-state index contributed by atoms with van der Waals surface area (Å²) in [5, 5.41) is 22.2. The maximum absolute atomic E-state index is 12.6. The lowest BCUT2D eigenvalue weighted by molar-refractivity contribution is -0.172. The highest BCUT2D eigenvalue weighted by atomic mass is 16.5. The Kier molecular flexibility index (Phi) is 7.34. The van der Waals surface area contributed by atoms with Crippen molar-refractivity contribution in [1.29, 1.82) is 0 Å². The van der Waals surface area contributed by atoms with Gasteiger partial charge in [0.05, 0.1) is 0 Å². The molecule has 0 bridgehead atoms. The molecule has 1 aliphatic heterocycles. The first-order valence-corrected chi connectivity index (χ1v) is 10.6. The molecule has 2 unspecified atom stereocenters. The number of hydrogen-bond acceptors (Lipinski definition) is 5. The van der Waals surface area contributed by atoms with Gasteiger partial charge < -0.3 is 20.3 Å². The molecule has 3 N–H and O–H groups in total. The summed E-state index contributed by atoms with van der Waals surface area (Å²) in [6.07, 6.45) is 3.44. The van der Waals surface area contributed by atoms with E-state index in [0.717, 1.165) is 37.1 Å². The number of nitrogens with one attached hydrogen (secondary N) is 1. The van der Waals surface area contributed by atoms with Crippen LogP contribution in [0.3, 0.4) is 0 Å². The molecule has 1 amide bonds. The van der Waals surface area contributed by atoms with Crippen LogP contribution < -0.4 is 5.32 Å². The summed E-state index contributed by atoms with van der Waals surface area (Å²) in [7, 11) is 1.75. The van der Waals surface area contributed by atoms with E-state index in [1.54, 1.807) is 13.2 Å². The van der Waals surface area contributed by atoms with E-state index in [1.807, 2.05) is 18.2 Å². The zero-order chi connectivity index (χ0) is 21.6. The van der Waals surface area contributed by atoms with Crippen molar-refractivity contribution in [1.82, 2.24) is 10.2 Å². The standard InChI is InChI=1S/C24H32N2O4/c1-3-14-26-15-13-20(17-24(26,30-2)19-7-5-4-6-8-19)25-23(29)12-10-18-9-11-21(27)22(28)16-18/h4-9,11,16,20,27-28H,3,10,12-15,17H2,1-2H3,(H,25,29). The summed E-state index contributed by atoms with van der Waals surface area (Å²) in [6.45, 7) is 3.96. The molecule has 1 aliphatic rings. The second-order valence-corrected chi connectivity index (χ2v) is 7.92. The van der Waals surface area contributed by atoms with Gasteiger partial charge in [0.2, 0.25) is 5.91 Å². The summed E-state index contributed by atoms with van der Waals surface area (Å²) in [6, 6.07) is 14.9. The number of carbonyl (C=O) groups is 1. The van der Waals surface area contributed by atoms with Crippen LogP contribution >= 0.6 is 0 Å². The molecule has 0 aromatic heterocycles. The number of nitrogens with zero attached hydrogens (tertiary/aromatic N) is 1. The fraction of sp³-hybridized carbons (Fsp3) is 0.458. The lowest BCUT2D eigenvalue weighted by Gasteiger charge is -2.49. The average Bonchev–Trinajstić information content (AvgIpc) is 2.76. The number of methoxy groups -OCH3 is 1. The highest BCUT2D eigenvalue weighted by Gasteiger charge is 2.44. The van der Waals surface area contributed by atoms with Crippen LogP contribution in [0.5, 0.6) is 11.5 Å². The van der Waals surface area contributed by atoms with Gasteiger partial charge in [0, 0.05) is 39.1 Å². The minimum atomic E-state index is -0.545. The highest BCUT2D eigenvalue weighted by molar-refractivity contribution is 5.76. The Morgan fingerprint density at radius 3 is 2.63 bits per heavy atom. The number of amides is 1. The summed E-state index contributed by atoms with van der Waals surface area (Å²) >= 11 is 0. The zero-order valence-corrected chi connectivity index (χ0v) is 17.8. The molecule has 3 rings (SSSR count). The number of phenolic OH excluding ortho intramolecular Hbond substituents is 2. The van der Waals surface area contributed by atoms with Crippen LogP contribution in [0.15, 0.2) is 48.5 Å². The molecule has 2 atom stereocenters. The van der Waals surface area contributed by atoms with E-state index in [4.69, 9.17) is 4.74 Å². The molecule has 1 heterocycles. The van der Waals surface area contributed by atoms with Crippen molar-refractivity contribution in [3.05, 3.63) is 59.7 Å². The van der Waals surface area contributed by atoms with Crippen LogP contribution in [0.25, 0.3) is 0 Å². The van der Waals surface area contributed by atoms with Gasteiger partial charge in [0.25, 0.3) is 0 Å². The molecule has 1 fully saturated rings. The number of ether oxygens (including phenoxy) is 1. The second kappa shape index (κ2) is 9.96. The maximum Gasteiger partial charge on any atom is 0.220 e. The van der Waals surface area contributed by atoms with Crippen LogP contribution in [-0.4, -0.2) is 47.3 Å². The number of hydrogen-bond donors (Lipinski definition) is 3. The predicted molar refractivity (Wildman–Crippen MR) is 116 cm³/mol. The minimum absolute atomic E-state index is 0.0189. The predicted octanol–water partition coefficient (Wildman–Crippen LogP) is 3.52. The summed E-state index contributed by atoms with van der Waals surface area (Å²) in [5.41, 5.74) is 1.38. The van der Waals surface area contributed by atoms with Crippen LogP contribution in [0.1, 0.15) is 43.7 Å². The number of likely N-dealkylation sites (tertiary alicyclic amines) is 1. The number of piperidine rings is 1. The largest absolute Gasteiger partial charge is 0.504 e.